The molecule has 0 spiro atoms. The van der Waals surface area contributed by atoms with E-state index in [4.69, 9.17) is 0 Å². The SMILES string of the molecule is C/C(=N/NC(=O)c1ccc(CSc2nc(C)cc(C)n2)cc1)c1ccc(C(C)(C)C)cc1. The second-order valence-corrected chi connectivity index (χ2v) is 9.83. The Bertz CT molecular complexity index is 1090. The maximum absolute atomic E-state index is 12.5. The molecule has 1 N–H and O–H groups in total. The summed E-state index contributed by atoms with van der Waals surface area (Å²) in [5.74, 6) is 0.514. The maximum Gasteiger partial charge on any atom is 0.271 e. The number of hydrazone groups is 1. The van der Waals surface area contributed by atoms with Crippen molar-refractivity contribution < 1.29 is 4.79 Å². The van der Waals surface area contributed by atoms with E-state index < -0.39 is 0 Å². The number of rotatable bonds is 6. The van der Waals surface area contributed by atoms with Gasteiger partial charge in [-0.15, -0.1) is 0 Å². The van der Waals surface area contributed by atoms with E-state index in [0.29, 0.717) is 5.56 Å². The molecule has 0 aliphatic heterocycles. The van der Waals surface area contributed by atoms with E-state index in [0.717, 1.165) is 39.1 Å². The molecule has 3 rings (SSSR count). The zero-order valence-electron chi connectivity index (χ0n) is 19.6. The number of benzene rings is 2. The number of thioether (sulfide) groups is 1. The fourth-order valence-corrected chi connectivity index (χ4v) is 4.04. The van der Waals surface area contributed by atoms with E-state index >= 15 is 0 Å². The summed E-state index contributed by atoms with van der Waals surface area (Å²) in [5, 5.41) is 5.04. The standard InChI is InChI=1S/C26H30N4OS/c1-17-15-18(2)28-25(27-17)32-16-20-7-9-22(10-8-20)24(31)30-29-19(3)21-11-13-23(14-12-21)26(4,5)6/h7-15H,16H2,1-6H3,(H,30,31)/b29-19-. The summed E-state index contributed by atoms with van der Waals surface area (Å²) in [4.78, 5) is 21.4. The largest absolute Gasteiger partial charge is 0.271 e. The minimum atomic E-state index is -0.229. The monoisotopic (exact) mass is 446 g/mol. The molecule has 3 aromatic rings. The summed E-state index contributed by atoms with van der Waals surface area (Å²) in [7, 11) is 0. The lowest BCUT2D eigenvalue weighted by Gasteiger charge is -2.19. The highest BCUT2D eigenvalue weighted by Gasteiger charge is 2.13. The van der Waals surface area contributed by atoms with Crippen LogP contribution < -0.4 is 5.43 Å². The van der Waals surface area contributed by atoms with Crippen molar-refractivity contribution in [3.8, 4) is 0 Å². The van der Waals surface area contributed by atoms with Crippen LogP contribution in [0.5, 0.6) is 0 Å². The van der Waals surface area contributed by atoms with Crippen LogP contribution in [0.25, 0.3) is 0 Å². The Hall–Kier alpha value is -2.99. The molecule has 166 valence electrons. The number of aryl methyl sites for hydroxylation is 2. The normalized spacial score (nSPS) is 12.0. The lowest BCUT2D eigenvalue weighted by atomic mass is 9.86. The molecule has 0 atom stereocenters. The van der Waals surface area contributed by atoms with Gasteiger partial charge in [-0.25, -0.2) is 15.4 Å². The minimum absolute atomic E-state index is 0.106. The fraction of sp³-hybridized carbons (Fsp3) is 0.308. The van der Waals surface area contributed by atoms with Crippen LogP contribution >= 0.6 is 11.8 Å². The van der Waals surface area contributed by atoms with Gasteiger partial charge in [-0.3, -0.25) is 4.79 Å². The third-order valence-electron chi connectivity index (χ3n) is 5.04. The van der Waals surface area contributed by atoms with E-state index in [-0.39, 0.29) is 11.3 Å². The first-order chi connectivity index (χ1) is 15.1. The van der Waals surface area contributed by atoms with Gasteiger partial charge in [0.15, 0.2) is 5.16 Å². The van der Waals surface area contributed by atoms with Gasteiger partial charge in [0, 0.05) is 22.7 Å². The third kappa shape index (κ3) is 6.50. The molecular weight excluding hydrogens is 416 g/mol. The van der Waals surface area contributed by atoms with Crippen LogP contribution in [0.2, 0.25) is 0 Å². The molecule has 1 heterocycles. The highest BCUT2D eigenvalue weighted by Crippen LogP contribution is 2.22. The van der Waals surface area contributed by atoms with Crippen molar-refractivity contribution in [3.63, 3.8) is 0 Å². The second-order valence-electron chi connectivity index (χ2n) is 8.88. The molecule has 0 fully saturated rings. The lowest BCUT2D eigenvalue weighted by molar-refractivity contribution is 0.0955. The molecule has 0 saturated carbocycles. The van der Waals surface area contributed by atoms with Gasteiger partial charge in [-0.1, -0.05) is 68.9 Å². The second kappa shape index (κ2) is 10.1. The smallest absolute Gasteiger partial charge is 0.267 e. The Kier molecular flexibility index (Phi) is 7.46. The van der Waals surface area contributed by atoms with E-state index in [9.17, 15) is 4.79 Å². The Balaban J connectivity index is 1.58. The molecule has 0 aliphatic rings. The van der Waals surface area contributed by atoms with Crippen molar-refractivity contribution in [1.82, 2.24) is 15.4 Å². The summed E-state index contributed by atoms with van der Waals surface area (Å²) in [6.07, 6.45) is 0. The minimum Gasteiger partial charge on any atom is -0.267 e. The summed E-state index contributed by atoms with van der Waals surface area (Å²) in [6.45, 7) is 12.4. The Labute approximate surface area is 194 Å². The molecule has 2 aromatic carbocycles. The first-order valence-corrected chi connectivity index (χ1v) is 11.6. The van der Waals surface area contributed by atoms with Crippen molar-refractivity contribution in [2.45, 2.75) is 57.9 Å². The fourth-order valence-electron chi connectivity index (χ4n) is 3.13. The molecule has 6 heteroatoms. The van der Waals surface area contributed by atoms with Crippen LogP contribution in [0.4, 0.5) is 0 Å². The first-order valence-electron chi connectivity index (χ1n) is 10.6. The van der Waals surface area contributed by atoms with Crippen LogP contribution in [0, 0.1) is 13.8 Å². The van der Waals surface area contributed by atoms with Crippen molar-refractivity contribution in [3.05, 3.63) is 88.2 Å². The molecule has 0 unspecified atom stereocenters. The van der Waals surface area contributed by atoms with Crippen LogP contribution in [0.3, 0.4) is 0 Å². The van der Waals surface area contributed by atoms with Gasteiger partial charge in [-0.2, -0.15) is 5.10 Å². The zero-order chi connectivity index (χ0) is 23.3. The molecule has 0 aliphatic carbocycles. The number of hydrogen-bond donors (Lipinski definition) is 1. The molecule has 5 nitrogen and oxygen atoms in total. The van der Waals surface area contributed by atoms with Crippen LogP contribution in [-0.2, 0) is 11.2 Å². The maximum atomic E-state index is 12.5. The van der Waals surface area contributed by atoms with Crippen LogP contribution in [-0.4, -0.2) is 21.6 Å². The zero-order valence-corrected chi connectivity index (χ0v) is 20.4. The van der Waals surface area contributed by atoms with Crippen molar-refractivity contribution in [2.24, 2.45) is 5.10 Å². The number of hydrogen-bond acceptors (Lipinski definition) is 5. The number of nitrogens with one attached hydrogen (secondary N) is 1. The number of carbonyl (C=O) groups is 1. The van der Waals surface area contributed by atoms with Crippen molar-refractivity contribution in [2.75, 3.05) is 0 Å². The number of carbonyl (C=O) groups excluding carboxylic acids is 1. The van der Waals surface area contributed by atoms with Gasteiger partial charge < -0.3 is 0 Å². The topological polar surface area (TPSA) is 67.2 Å². The average Bonchev–Trinajstić information content (AvgIpc) is 2.75. The predicted molar refractivity (Wildman–Crippen MR) is 132 cm³/mol. The van der Waals surface area contributed by atoms with E-state index in [1.165, 1.54) is 5.56 Å². The van der Waals surface area contributed by atoms with E-state index in [2.05, 4.69) is 53.4 Å². The molecular formula is C26H30N4OS. The van der Waals surface area contributed by atoms with Gasteiger partial charge in [0.05, 0.1) is 5.71 Å². The summed E-state index contributed by atoms with van der Waals surface area (Å²) >= 11 is 1.59. The number of nitrogens with zero attached hydrogens (tertiary/aromatic N) is 3. The lowest BCUT2D eigenvalue weighted by Crippen LogP contribution is -2.19. The molecule has 0 bridgehead atoms. The number of aromatic nitrogens is 2. The summed E-state index contributed by atoms with van der Waals surface area (Å²) in [6, 6.07) is 17.8. The first kappa shape index (κ1) is 23.7. The number of amides is 1. The highest BCUT2D eigenvalue weighted by molar-refractivity contribution is 7.98. The third-order valence-corrected chi connectivity index (χ3v) is 5.96. The summed E-state index contributed by atoms with van der Waals surface area (Å²) < 4.78 is 0. The van der Waals surface area contributed by atoms with Gasteiger partial charge in [0.1, 0.15) is 0 Å². The quantitative estimate of drug-likeness (QED) is 0.224. The van der Waals surface area contributed by atoms with Gasteiger partial charge in [0.25, 0.3) is 5.91 Å². The Morgan fingerprint density at radius 1 is 0.938 bits per heavy atom. The molecule has 1 amide bonds. The molecule has 0 radical (unpaired) electrons. The van der Waals surface area contributed by atoms with Crippen LogP contribution in [0.15, 0.2) is 64.9 Å². The Morgan fingerprint density at radius 2 is 1.50 bits per heavy atom. The average molecular weight is 447 g/mol. The van der Waals surface area contributed by atoms with E-state index in [1.807, 2.05) is 63.2 Å². The van der Waals surface area contributed by atoms with Gasteiger partial charge >= 0.3 is 0 Å². The molecule has 1 aromatic heterocycles. The van der Waals surface area contributed by atoms with Gasteiger partial charge in [0.2, 0.25) is 0 Å². The molecule has 0 saturated heterocycles. The molecule has 32 heavy (non-hydrogen) atoms. The van der Waals surface area contributed by atoms with E-state index in [1.54, 1.807) is 11.8 Å². The summed E-state index contributed by atoms with van der Waals surface area (Å²) in [5.41, 5.74) is 9.38. The highest BCUT2D eigenvalue weighted by atomic mass is 32.2. The van der Waals surface area contributed by atoms with Gasteiger partial charge in [-0.05, 0) is 61.1 Å². The Morgan fingerprint density at radius 3 is 2.06 bits per heavy atom. The van der Waals surface area contributed by atoms with Crippen molar-refractivity contribution >= 4 is 23.4 Å². The van der Waals surface area contributed by atoms with Crippen LogP contribution in [0.1, 0.15) is 66.1 Å². The van der Waals surface area contributed by atoms with Crippen molar-refractivity contribution in [1.29, 1.82) is 0 Å². The predicted octanol–water partition coefficient (Wildman–Crippen LogP) is 5.84.